The molecule has 0 amide bonds. The first-order valence-corrected chi connectivity index (χ1v) is 10.4. The van der Waals surface area contributed by atoms with E-state index in [1.165, 1.54) is 19.4 Å². The van der Waals surface area contributed by atoms with Crippen molar-refractivity contribution in [1.82, 2.24) is 0 Å². The molecular weight excluding hydrogens is 330 g/mol. The SMILES string of the molecule is C[N+]1(CC2CC2)CC[C@@]23C4C5=C(O)C=CC4CC1[C@]2(O)CC[C@H](O)[C@@H]3O5. The Morgan fingerprint density at radius 3 is 2.85 bits per heavy atom. The minimum atomic E-state index is -0.812. The van der Waals surface area contributed by atoms with E-state index in [4.69, 9.17) is 4.74 Å². The molecule has 6 aliphatic rings. The monoisotopic (exact) mass is 360 g/mol. The van der Waals surface area contributed by atoms with Crippen molar-refractivity contribution in [3.05, 3.63) is 23.7 Å². The minimum absolute atomic E-state index is 0.0170. The van der Waals surface area contributed by atoms with Crippen molar-refractivity contribution in [2.24, 2.45) is 23.2 Å². The second kappa shape index (κ2) is 4.68. The highest BCUT2D eigenvalue weighted by atomic mass is 16.5. The maximum Gasteiger partial charge on any atom is 0.153 e. The van der Waals surface area contributed by atoms with Crippen LogP contribution in [0.2, 0.25) is 0 Å². The Kier molecular flexibility index (Phi) is 2.87. The van der Waals surface area contributed by atoms with E-state index in [1.807, 2.05) is 0 Å². The third-order valence-electron chi connectivity index (χ3n) is 8.97. The van der Waals surface area contributed by atoms with Crippen LogP contribution in [0, 0.1) is 23.2 Å². The zero-order valence-corrected chi connectivity index (χ0v) is 15.5. The van der Waals surface area contributed by atoms with Crippen LogP contribution >= 0.6 is 0 Å². The highest BCUT2D eigenvalue weighted by molar-refractivity contribution is 5.37. The lowest BCUT2D eigenvalue weighted by Crippen LogP contribution is -2.81. The zero-order chi connectivity index (χ0) is 17.9. The molecule has 4 aliphatic carbocycles. The van der Waals surface area contributed by atoms with E-state index in [0.717, 1.165) is 29.8 Å². The molecule has 2 heterocycles. The van der Waals surface area contributed by atoms with Crippen molar-refractivity contribution in [3.63, 3.8) is 0 Å². The summed E-state index contributed by atoms with van der Waals surface area (Å²) in [7, 11) is 2.35. The summed E-state index contributed by atoms with van der Waals surface area (Å²) in [5.41, 5.74) is -1.26. The molecule has 0 aromatic rings. The molecule has 3 saturated carbocycles. The Morgan fingerprint density at radius 1 is 1.27 bits per heavy atom. The number of hydrogen-bond donors (Lipinski definition) is 3. The maximum absolute atomic E-state index is 12.2. The van der Waals surface area contributed by atoms with Crippen LogP contribution in [0.4, 0.5) is 0 Å². The molecule has 0 aromatic carbocycles. The van der Waals surface area contributed by atoms with Crippen LogP contribution in [-0.4, -0.2) is 63.8 Å². The van der Waals surface area contributed by atoms with Gasteiger partial charge in [-0.05, 0) is 37.7 Å². The molecule has 2 saturated heterocycles. The van der Waals surface area contributed by atoms with E-state index >= 15 is 0 Å². The molecule has 5 heteroatoms. The molecule has 2 bridgehead atoms. The van der Waals surface area contributed by atoms with Crippen molar-refractivity contribution >= 4 is 0 Å². The molecule has 0 radical (unpaired) electrons. The number of hydrogen-bond acceptors (Lipinski definition) is 4. The molecule has 26 heavy (non-hydrogen) atoms. The lowest BCUT2D eigenvalue weighted by atomic mass is 9.43. The van der Waals surface area contributed by atoms with Crippen LogP contribution in [0.3, 0.4) is 0 Å². The van der Waals surface area contributed by atoms with Crippen molar-refractivity contribution in [2.75, 3.05) is 20.1 Å². The first kappa shape index (κ1) is 16.0. The van der Waals surface area contributed by atoms with Gasteiger partial charge >= 0.3 is 0 Å². The largest absolute Gasteiger partial charge is 0.504 e. The summed E-state index contributed by atoms with van der Waals surface area (Å²) < 4.78 is 7.21. The van der Waals surface area contributed by atoms with Crippen LogP contribution < -0.4 is 0 Å². The fraction of sp³-hybridized carbons (Fsp3) is 0.810. The minimum Gasteiger partial charge on any atom is -0.504 e. The van der Waals surface area contributed by atoms with E-state index in [2.05, 4.69) is 13.1 Å². The number of allylic oxidation sites excluding steroid dienone is 3. The van der Waals surface area contributed by atoms with E-state index in [9.17, 15) is 15.3 Å². The molecule has 6 rings (SSSR count). The summed E-state index contributed by atoms with van der Waals surface area (Å²) in [5, 5.41) is 33.5. The van der Waals surface area contributed by atoms with Gasteiger partial charge in [0.2, 0.25) is 0 Å². The van der Waals surface area contributed by atoms with Gasteiger partial charge in [-0.2, -0.15) is 0 Å². The standard InChI is InChI=1S/C21H29NO4/c1-22(11-12-2-3-12)9-8-20-17-13-4-5-14(23)18(17)26-19(20)15(24)6-7-21(20,25)16(22)10-13/h4-5,12-13,15-17,19,24-25H,2-3,6-11H2,1H3/p+1/t13?,15-,16?,17?,19-,20-,21+,22?/m0/s1. The number of likely N-dealkylation sites (N-methyl/N-ethyl adjacent to an activating group) is 1. The van der Waals surface area contributed by atoms with E-state index in [1.54, 1.807) is 6.08 Å². The Hall–Kier alpha value is -1.04. The molecule has 3 N–H and O–H groups in total. The smallest absolute Gasteiger partial charge is 0.153 e. The Morgan fingerprint density at radius 2 is 2.08 bits per heavy atom. The normalized spacial score (nSPS) is 57.0. The van der Waals surface area contributed by atoms with Gasteiger partial charge < -0.3 is 24.5 Å². The van der Waals surface area contributed by atoms with Gasteiger partial charge in [0.25, 0.3) is 0 Å². The maximum atomic E-state index is 12.2. The van der Waals surface area contributed by atoms with Crippen LogP contribution in [0.5, 0.6) is 0 Å². The van der Waals surface area contributed by atoms with Crippen LogP contribution in [0.25, 0.3) is 0 Å². The number of aliphatic hydroxyl groups excluding tert-OH is 2. The van der Waals surface area contributed by atoms with Gasteiger partial charge in [-0.15, -0.1) is 0 Å². The van der Waals surface area contributed by atoms with Gasteiger partial charge in [-0.1, -0.05) is 6.08 Å². The van der Waals surface area contributed by atoms with Gasteiger partial charge in [-0.25, -0.2) is 0 Å². The third-order valence-corrected chi connectivity index (χ3v) is 8.97. The van der Waals surface area contributed by atoms with Crippen molar-refractivity contribution in [3.8, 4) is 0 Å². The Balaban J connectivity index is 1.53. The van der Waals surface area contributed by atoms with E-state index in [-0.39, 0.29) is 23.8 Å². The van der Waals surface area contributed by atoms with Crippen LogP contribution in [0.1, 0.15) is 38.5 Å². The zero-order valence-electron chi connectivity index (χ0n) is 15.5. The van der Waals surface area contributed by atoms with Gasteiger partial charge in [0.1, 0.15) is 23.5 Å². The van der Waals surface area contributed by atoms with E-state index < -0.39 is 17.1 Å². The summed E-state index contributed by atoms with van der Waals surface area (Å²) in [6.07, 6.45) is 8.70. The first-order valence-electron chi connectivity index (χ1n) is 10.4. The first-order chi connectivity index (χ1) is 12.4. The molecule has 4 unspecified atom stereocenters. The average molecular weight is 360 g/mol. The molecular formula is C21H30NO4+. The molecule has 5 fully saturated rings. The van der Waals surface area contributed by atoms with Gasteiger partial charge in [0.05, 0.1) is 31.7 Å². The Bertz CT molecular complexity index is 730. The summed E-state index contributed by atoms with van der Waals surface area (Å²) in [6, 6.07) is 0.195. The molecule has 5 nitrogen and oxygen atoms in total. The predicted octanol–water partition coefficient (Wildman–Crippen LogP) is 1.86. The Labute approximate surface area is 154 Å². The van der Waals surface area contributed by atoms with Crippen molar-refractivity contribution in [2.45, 2.75) is 62.4 Å². The van der Waals surface area contributed by atoms with Gasteiger partial charge in [-0.3, -0.25) is 0 Å². The second-order valence-corrected chi connectivity index (χ2v) is 10.2. The predicted molar refractivity (Wildman–Crippen MR) is 94.9 cm³/mol. The topological polar surface area (TPSA) is 69.9 Å². The summed E-state index contributed by atoms with van der Waals surface area (Å²) in [4.78, 5) is 0. The highest BCUT2D eigenvalue weighted by Crippen LogP contribution is 2.70. The molecule has 8 atom stereocenters. The summed E-state index contributed by atoms with van der Waals surface area (Å²) in [5.74, 6) is 1.96. The molecule has 2 aliphatic heterocycles. The molecule has 0 aromatic heterocycles. The third kappa shape index (κ3) is 1.65. The highest BCUT2D eigenvalue weighted by Gasteiger charge is 2.79. The van der Waals surface area contributed by atoms with Crippen molar-refractivity contribution in [1.29, 1.82) is 0 Å². The number of nitrogens with zero attached hydrogens (tertiary/aromatic N) is 1. The number of aliphatic hydroxyl groups is 3. The summed E-state index contributed by atoms with van der Waals surface area (Å²) >= 11 is 0. The van der Waals surface area contributed by atoms with Gasteiger partial charge in [0.15, 0.2) is 5.76 Å². The number of rotatable bonds is 2. The number of quaternary nitrogens is 1. The van der Waals surface area contributed by atoms with E-state index in [0.29, 0.717) is 24.5 Å². The van der Waals surface area contributed by atoms with Gasteiger partial charge in [0, 0.05) is 24.7 Å². The van der Waals surface area contributed by atoms with Crippen molar-refractivity contribution < 1.29 is 24.5 Å². The lowest BCUT2D eigenvalue weighted by molar-refractivity contribution is -0.954. The lowest BCUT2D eigenvalue weighted by Gasteiger charge is -2.67. The number of piperidine rings is 1. The molecule has 142 valence electrons. The summed E-state index contributed by atoms with van der Waals surface area (Å²) in [6.45, 7) is 2.21. The average Bonchev–Trinajstić information content (AvgIpc) is 3.32. The van der Waals surface area contributed by atoms with Crippen LogP contribution in [-0.2, 0) is 4.74 Å². The quantitative estimate of drug-likeness (QED) is 0.658. The number of likely N-dealkylation sites (tertiary alicyclic amines) is 1. The fourth-order valence-electron chi connectivity index (χ4n) is 7.75. The second-order valence-electron chi connectivity index (χ2n) is 10.2. The fourth-order valence-corrected chi connectivity index (χ4v) is 7.75. The molecule has 1 spiro atoms. The van der Waals surface area contributed by atoms with Crippen LogP contribution in [0.15, 0.2) is 23.7 Å². The number of ether oxygens (including phenoxy) is 1.